The fourth-order valence-corrected chi connectivity index (χ4v) is 4.77. The smallest absolute Gasteiger partial charge is 0.267 e. The highest BCUT2D eigenvalue weighted by Gasteiger charge is 2.36. The Balaban J connectivity index is 1.81. The number of nitrogens with zero attached hydrogens (tertiary/aromatic N) is 2. The predicted molar refractivity (Wildman–Crippen MR) is 136 cm³/mol. The van der Waals surface area contributed by atoms with Crippen molar-refractivity contribution in [3.63, 3.8) is 0 Å². The molecule has 1 saturated heterocycles. The number of carbonyl (C=O) groups is 1. The maximum absolute atomic E-state index is 13.5. The van der Waals surface area contributed by atoms with Gasteiger partial charge in [0.2, 0.25) is 0 Å². The molecule has 0 saturated carbocycles. The van der Waals surface area contributed by atoms with E-state index in [0.29, 0.717) is 11.5 Å². The van der Waals surface area contributed by atoms with Crippen molar-refractivity contribution >= 4 is 45.4 Å². The van der Waals surface area contributed by atoms with Gasteiger partial charge in [0.15, 0.2) is 5.17 Å². The van der Waals surface area contributed by atoms with Gasteiger partial charge in [-0.2, -0.15) is 0 Å². The molecule has 32 heavy (non-hydrogen) atoms. The normalized spacial score (nSPS) is 17.5. The first-order valence-corrected chi connectivity index (χ1v) is 11.9. The predicted octanol–water partition coefficient (Wildman–Crippen LogP) is 6.95. The maximum Gasteiger partial charge on any atom is 0.267 e. The highest BCUT2D eigenvalue weighted by molar-refractivity contribution is 8.18. The Kier molecular flexibility index (Phi) is 6.66. The Morgan fingerprint density at radius 3 is 2.53 bits per heavy atom. The Bertz CT molecular complexity index is 1200. The summed E-state index contributed by atoms with van der Waals surface area (Å²) in [4.78, 5) is 20.8. The molecule has 0 spiro atoms. The lowest BCUT2D eigenvalue weighted by atomic mass is 10.0. The standard InChI is InChI=1S/C27H28N2O2S/c1-5-19(4)29-26(30)25(32-27(29)28-21-14-11-18(3)12-15-21)17-23-22-10-8-7-9-20(22)13-16-24(23)31-6-2/h7-17,19H,5-6H2,1-4H3/b25-17+,28-27?/t19-/m0/s1. The number of amides is 1. The summed E-state index contributed by atoms with van der Waals surface area (Å²) in [6, 6.07) is 20.3. The first-order valence-electron chi connectivity index (χ1n) is 11.0. The molecule has 1 aliphatic rings. The average molecular weight is 445 g/mol. The highest BCUT2D eigenvalue weighted by Crippen LogP contribution is 2.39. The van der Waals surface area contributed by atoms with Gasteiger partial charge in [0.25, 0.3) is 5.91 Å². The second kappa shape index (κ2) is 9.61. The lowest BCUT2D eigenvalue weighted by Gasteiger charge is -2.22. The van der Waals surface area contributed by atoms with Crippen molar-refractivity contribution in [3.05, 3.63) is 76.7 Å². The number of ether oxygens (including phenoxy) is 1. The van der Waals surface area contributed by atoms with Crippen LogP contribution in [-0.4, -0.2) is 28.6 Å². The van der Waals surface area contributed by atoms with Crippen LogP contribution in [0.3, 0.4) is 0 Å². The van der Waals surface area contributed by atoms with Gasteiger partial charge in [0.05, 0.1) is 17.2 Å². The zero-order valence-corrected chi connectivity index (χ0v) is 19.8. The Morgan fingerprint density at radius 2 is 1.81 bits per heavy atom. The summed E-state index contributed by atoms with van der Waals surface area (Å²) in [5, 5.41) is 2.90. The van der Waals surface area contributed by atoms with Crippen molar-refractivity contribution < 1.29 is 9.53 Å². The summed E-state index contributed by atoms with van der Waals surface area (Å²) in [6.45, 7) is 8.74. The van der Waals surface area contributed by atoms with Crippen LogP contribution in [0.5, 0.6) is 5.75 Å². The summed E-state index contributed by atoms with van der Waals surface area (Å²) < 4.78 is 5.91. The molecule has 0 aliphatic carbocycles. The van der Waals surface area contributed by atoms with E-state index in [0.717, 1.165) is 39.4 Å². The van der Waals surface area contributed by atoms with E-state index < -0.39 is 0 Å². The van der Waals surface area contributed by atoms with Crippen LogP contribution in [0.15, 0.2) is 70.6 Å². The van der Waals surface area contributed by atoms with Gasteiger partial charge in [-0.1, -0.05) is 55.0 Å². The van der Waals surface area contributed by atoms with Gasteiger partial charge in [-0.05, 0) is 74.0 Å². The minimum Gasteiger partial charge on any atom is -0.493 e. The molecule has 1 aliphatic heterocycles. The second-order valence-corrected chi connectivity index (χ2v) is 8.91. The molecule has 164 valence electrons. The third-order valence-electron chi connectivity index (χ3n) is 5.63. The molecule has 4 rings (SSSR count). The molecule has 1 amide bonds. The third kappa shape index (κ3) is 4.44. The zero-order valence-electron chi connectivity index (χ0n) is 19.0. The van der Waals surface area contributed by atoms with Gasteiger partial charge < -0.3 is 4.74 Å². The van der Waals surface area contributed by atoms with Crippen molar-refractivity contribution in [1.29, 1.82) is 0 Å². The molecule has 3 aromatic rings. The third-order valence-corrected chi connectivity index (χ3v) is 6.62. The molecule has 0 unspecified atom stereocenters. The van der Waals surface area contributed by atoms with Gasteiger partial charge in [-0.25, -0.2) is 4.99 Å². The lowest BCUT2D eigenvalue weighted by Crippen LogP contribution is -2.36. The number of aliphatic imine (C=N–C) groups is 1. The summed E-state index contributed by atoms with van der Waals surface area (Å²) in [5.41, 5.74) is 2.96. The monoisotopic (exact) mass is 444 g/mol. The van der Waals surface area contributed by atoms with E-state index in [1.165, 1.54) is 17.3 Å². The van der Waals surface area contributed by atoms with Crippen LogP contribution < -0.4 is 4.74 Å². The van der Waals surface area contributed by atoms with Gasteiger partial charge in [-0.15, -0.1) is 0 Å². The van der Waals surface area contributed by atoms with Crippen LogP contribution in [-0.2, 0) is 4.79 Å². The fourth-order valence-electron chi connectivity index (χ4n) is 3.70. The molecule has 0 radical (unpaired) electrons. The molecule has 1 heterocycles. The van der Waals surface area contributed by atoms with Gasteiger partial charge in [-0.3, -0.25) is 9.69 Å². The molecule has 5 heteroatoms. The molecule has 1 fully saturated rings. The lowest BCUT2D eigenvalue weighted by molar-refractivity contribution is -0.123. The summed E-state index contributed by atoms with van der Waals surface area (Å²) in [6.07, 6.45) is 2.82. The summed E-state index contributed by atoms with van der Waals surface area (Å²) in [7, 11) is 0. The molecule has 0 bridgehead atoms. The fraction of sp³-hybridized carbons (Fsp3) is 0.259. The van der Waals surface area contributed by atoms with Crippen molar-refractivity contribution in [2.75, 3.05) is 6.61 Å². The number of hydrogen-bond acceptors (Lipinski definition) is 4. The molecule has 0 aromatic heterocycles. The molecule has 1 atom stereocenters. The molecule has 3 aromatic carbocycles. The van der Waals surface area contributed by atoms with Gasteiger partial charge in [0.1, 0.15) is 5.75 Å². The number of aryl methyl sites for hydroxylation is 1. The number of rotatable bonds is 6. The first kappa shape index (κ1) is 22.2. The van der Waals surface area contributed by atoms with Crippen LogP contribution in [0.25, 0.3) is 16.8 Å². The zero-order chi connectivity index (χ0) is 22.7. The Labute approximate surface area is 194 Å². The largest absolute Gasteiger partial charge is 0.493 e. The first-order chi connectivity index (χ1) is 15.5. The maximum atomic E-state index is 13.5. The average Bonchev–Trinajstić information content (AvgIpc) is 3.11. The highest BCUT2D eigenvalue weighted by atomic mass is 32.2. The van der Waals surface area contributed by atoms with E-state index in [2.05, 4.69) is 39.0 Å². The van der Waals surface area contributed by atoms with Crippen molar-refractivity contribution in [1.82, 2.24) is 4.90 Å². The number of amidine groups is 1. The Hall–Kier alpha value is -3.05. The van der Waals surface area contributed by atoms with Crippen LogP contribution in [0, 0.1) is 6.92 Å². The van der Waals surface area contributed by atoms with Gasteiger partial charge in [0, 0.05) is 11.6 Å². The Morgan fingerprint density at radius 1 is 1.06 bits per heavy atom. The second-order valence-electron chi connectivity index (χ2n) is 7.90. The van der Waals surface area contributed by atoms with E-state index in [-0.39, 0.29) is 11.9 Å². The van der Waals surface area contributed by atoms with Crippen LogP contribution in [0.2, 0.25) is 0 Å². The van der Waals surface area contributed by atoms with Gasteiger partial charge >= 0.3 is 0 Å². The number of benzene rings is 3. The summed E-state index contributed by atoms with van der Waals surface area (Å²) >= 11 is 1.43. The minimum atomic E-state index is -0.00871. The number of fused-ring (bicyclic) bond motifs is 1. The SMILES string of the molecule is CCOc1ccc2ccccc2c1/C=C1/SC(=Nc2ccc(C)cc2)N([C@@H](C)CC)C1=O. The van der Waals surface area contributed by atoms with Crippen LogP contribution >= 0.6 is 11.8 Å². The van der Waals surface area contributed by atoms with E-state index in [4.69, 9.17) is 9.73 Å². The van der Waals surface area contributed by atoms with E-state index >= 15 is 0 Å². The van der Waals surface area contributed by atoms with Crippen LogP contribution in [0.4, 0.5) is 5.69 Å². The molecule has 4 nitrogen and oxygen atoms in total. The molecular formula is C27H28N2O2S. The van der Waals surface area contributed by atoms with E-state index in [1.807, 2.05) is 60.4 Å². The number of thioether (sulfide) groups is 1. The van der Waals surface area contributed by atoms with Crippen LogP contribution in [0.1, 0.15) is 38.3 Å². The van der Waals surface area contributed by atoms with E-state index in [9.17, 15) is 4.79 Å². The molecular weight excluding hydrogens is 416 g/mol. The van der Waals surface area contributed by atoms with Crippen molar-refractivity contribution in [3.8, 4) is 5.75 Å². The minimum absolute atomic E-state index is 0.00871. The summed E-state index contributed by atoms with van der Waals surface area (Å²) in [5.74, 6) is 0.775. The number of hydrogen-bond donors (Lipinski definition) is 0. The van der Waals surface area contributed by atoms with Crippen molar-refractivity contribution in [2.45, 2.75) is 40.2 Å². The number of carbonyl (C=O) groups excluding carboxylic acids is 1. The van der Waals surface area contributed by atoms with E-state index in [1.54, 1.807) is 0 Å². The molecule has 0 N–H and O–H groups in total. The quantitative estimate of drug-likeness (QED) is 0.386. The van der Waals surface area contributed by atoms with Crippen molar-refractivity contribution in [2.24, 2.45) is 4.99 Å². The topological polar surface area (TPSA) is 41.9 Å².